The molecule has 1 aliphatic rings. The molecule has 4 rings (SSSR count). The van der Waals surface area contributed by atoms with Crippen LogP contribution in [0.1, 0.15) is 42.0 Å². The maximum atomic E-state index is 16.2. The minimum atomic E-state index is -4.15. The molecule has 1 N–H and O–H groups in total. The number of aliphatic carboxylic acids is 1. The minimum Gasteiger partial charge on any atom is -0.497 e. The third-order valence-electron chi connectivity index (χ3n) is 6.57. The Morgan fingerprint density at radius 3 is 2.29 bits per heavy atom. The smallest absolute Gasteiger partial charge is 0.377 e. The third kappa shape index (κ3) is 3.76. The molecule has 3 aromatic carbocycles. The first-order valence-corrected chi connectivity index (χ1v) is 11.8. The van der Waals surface area contributed by atoms with Gasteiger partial charge in [-0.2, -0.15) is 8.78 Å². The van der Waals surface area contributed by atoms with Crippen molar-refractivity contribution < 1.29 is 23.4 Å². The van der Waals surface area contributed by atoms with Gasteiger partial charge in [-0.1, -0.05) is 60.1 Å². The van der Waals surface area contributed by atoms with E-state index in [0.29, 0.717) is 27.9 Å². The summed E-state index contributed by atoms with van der Waals surface area (Å²) in [6, 6.07) is 18.8. The van der Waals surface area contributed by atoms with Crippen molar-refractivity contribution in [3.05, 3.63) is 93.5 Å². The molecule has 0 aromatic heterocycles. The summed E-state index contributed by atoms with van der Waals surface area (Å²) in [5, 5.41) is 9.87. The van der Waals surface area contributed by atoms with Crippen LogP contribution in [0, 0.1) is 0 Å². The van der Waals surface area contributed by atoms with Crippen molar-refractivity contribution in [1.29, 1.82) is 0 Å². The second kappa shape index (κ2) is 9.02. The zero-order valence-electron chi connectivity index (χ0n) is 19.2. The number of alkyl halides is 2. The predicted molar refractivity (Wildman–Crippen MR) is 132 cm³/mol. The lowest BCUT2D eigenvalue weighted by Crippen LogP contribution is -2.64. The lowest BCUT2D eigenvalue weighted by molar-refractivity contribution is -0.174. The molecule has 0 fully saturated rings. The van der Waals surface area contributed by atoms with Crippen LogP contribution in [0.2, 0.25) is 0 Å². The number of carbonyl (C=O) groups is 1. The SMILES string of the molecule is COc1ccc2c(c1)CCN(c1ccc(C(C)C)cc1)C2(c1ccc(Br)cc1)C(F)(F)C(=O)O. The highest BCUT2D eigenvalue weighted by Gasteiger charge is 2.66. The largest absolute Gasteiger partial charge is 0.497 e. The summed E-state index contributed by atoms with van der Waals surface area (Å²) in [4.78, 5) is 13.8. The van der Waals surface area contributed by atoms with Crippen LogP contribution in [0.25, 0.3) is 0 Å². The van der Waals surface area contributed by atoms with Gasteiger partial charge < -0.3 is 14.7 Å². The number of halogens is 3. The molecular weight excluding hydrogens is 504 g/mol. The maximum Gasteiger partial charge on any atom is 0.377 e. The molecule has 0 radical (unpaired) electrons. The zero-order chi connectivity index (χ0) is 24.7. The van der Waals surface area contributed by atoms with Gasteiger partial charge in [-0.3, -0.25) is 0 Å². The highest BCUT2D eigenvalue weighted by atomic mass is 79.9. The van der Waals surface area contributed by atoms with E-state index in [1.165, 1.54) is 7.11 Å². The van der Waals surface area contributed by atoms with Crippen molar-refractivity contribution in [2.45, 2.75) is 37.6 Å². The van der Waals surface area contributed by atoms with E-state index in [4.69, 9.17) is 4.74 Å². The number of hydrogen-bond donors (Lipinski definition) is 1. The molecule has 0 saturated heterocycles. The van der Waals surface area contributed by atoms with Gasteiger partial charge in [-0.05, 0) is 71.0 Å². The fraction of sp³-hybridized carbons (Fsp3) is 0.296. The van der Waals surface area contributed by atoms with E-state index in [0.717, 1.165) is 5.56 Å². The Morgan fingerprint density at radius 1 is 1.09 bits per heavy atom. The maximum absolute atomic E-state index is 16.2. The highest BCUT2D eigenvalue weighted by molar-refractivity contribution is 9.10. The molecule has 1 atom stereocenters. The first-order valence-electron chi connectivity index (χ1n) is 11.0. The Labute approximate surface area is 206 Å². The van der Waals surface area contributed by atoms with E-state index in [1.54, 1.807) is 59.5 Å². The lowest BCUT2D eigenvalue weighted by atomic mass is 9.71. The summed E-state index contributed by atoms with van der Waals surface area (Å²) in [6.07, 6.45) is 0.465. The molecule has 3 aromatic rings. The number of ether oxygens (including phenoxy) is 1. The van der Waals surface area contributed by atoms with E-state index in [1.807, 2.05) is 12.1 Å². The van der Waals surface area contributed by atoms with Crippen LogP contribution < -0.4 is 9.64 Å². The summed E-state index contributed by atoms with van der Waals surface area (Å²) >= 11 is 3.36. The van der Waals surface area contributed by atoms with E-state index >= 15 is 8.78 Å². The summed E-state index contributed by atoms with van der Waals surface area (Å²) in [5.41, 5.74) is 0.432. The molecule has 1 heterocycles. The number of rotatable bonds is 6. The van der Waals surface area contributed by atoms with Gasteiger partial charge in [0.25, 0.3) is 0 Å². The molecule has 0 spiro atoms. The van der Waals surface area contributed by atoms with E-state index < -0.39 is 17.4 Å². The third-order valence-corrected chi connectivity index (χ3v) is 7.10. The van der Waals surface area contributed by atoms with Crippen molar-refractivity contribution in [3.8, 4) is 5.75 Å². The zero-order valence-corrected chi connectivity index (χ0v) is 20.8. The van der Waals surface area contributed by atoms with Gasteiger partial charge in [-0.15, -0.1) is 0 Å². The van der Waals surface area contributed by atoms with Gasteiger partial charge >= 0.3 is 11.9 Å². The quantitative estimate of drug-likeness (QED) is 0.390. The number of fused-ring (bicyclic) bond motifs is 1. The van der Waals surface area contributed by atoms with Crippen molar-refractivity contribution >= 4 is 27.6 Å². The normalized spacial score (nSPS) is 18.0. The van der Waals surface area contributed by atoms with Crippen LogP contribution in [-0.2, 0) is 16.8 Å². The first kappa shape index (κ1) is 24.2. The highest BCUT2D eigenvalue weighted by Crippen LogP contribution is 2.53. The standard InChI is InChI=1S/C27H26BrF2NO3/c1-17(2)18-4-10-22(11-5-18)31-15-14-19-16-23(34-3)12-13-24(19)26(31,27(29,30)25(32)33)20-6-8-21(28)9-7-20/h4-13,16-17H,14-15H2,1-3H3,(H,32,33). The van der Waals surface area contributed by atoms with Gasteiger partial charge in [0.15, 0.2) is 5.54 Å². The molecule has 1 aliphatic heterocycles. The van der Waals surface area contributed by atoms with Gasteiger partial charge in [0, 0.05) is 16.7 Å². The summed E-state index contributed by atoms with van der Waals surface area (Å²) < 4.78 is 38.4. The second-order valence-electron chi connectivity index (χ2n) is 8.77. The molecule has 178 valence electrons. The Kier molecular flexibility index (Phi) is 6.42. The minimum absolute atomic E-state index is 0.196. The second-order valence-corrected chi connectivity index (χ2v) is 9.68. The molecule has 0 bridgehead atoms. The van der Waals surface area contributed by atoms with Crippen LogP contribution >= 0.6 is 15.9 Å². The number of carboxylic acids is 1. The number of carboxylic acid groups (broad SMARTS) is 1. The predicted octanol–water partition coefficient (Wildman–Crippen LogP) is 6.61. The molecule has 4 nitrogen and oxygen atoms in total. The number of benzene rings is 3. The Morgan fingerprint density at radius 2 is 1.74 bits per heavy atom. The molecular formula is C27H26BrF2NO3. The lowest BCUT2D eigenvalue weighted by Gasteiger charge is -2.52. The Balaban J connectivity index is 2.07. The van der Waals surface area contributed by atoms with E-state index in [2.05, 4.69) is 29.8 Å². The van der Waals surface area contributed by atoms with Crippen molar-refractivity contribution in [2.24, 2.45) is 0 Å². The van der Waals surface area contributed by atoms with Gasteiger partial charge in [-0.25, -0.2) is 4.79 Å². The van der Waals surface area contributed by atoms with Gasteiger partial charge in [0.05, 0.1) is 7.11 Å². The molecule has 1 unspecified atom stereocenters. The van der Waals surface area contributed by atoms with Crippen LogP contribution in [-0.4, -0.2) is 30.7 Å². The molecule has 34 heavy (non-hydrogen) atoms. The first-order chi connectivity index (χ1) is 16.1. The fourth-order valence-electron chi connectivity index (χ4n) is 4.84. The molecule has 0 amide bonds. The number of anilines is 1. The van der Waals surface area contributed by atoms with Gasteiger partial charge in [0.1, 0.15) is 5.75 Å². The van der Waals surface area contributed by atoms with E-state index in [-0.39, 0.29) is 23.6 Å². The van der Waals surface area contributed by atoms with Crippen molar-refractivity contribution in [1.82, 2.24) is 0 Å². The van der Waals surface area contributed by atoms with Crippen LogP contribution in [0.3, 0.4) is 0 Å². The summed E-state index contributed by atoms with van der Waals surface area (Å²) in [5.74, 6) is -5.51. The topological polar surface area (TPSA) is 49.8 Å². The average molecular weight is 530 g/mol. The Hall–Kier alpha value is -2.93. The molecule has 0 saturated carbocycles. The summed E-state index contributed by atoms with van der Waals surface area (Å²) in [7, 11) is 1.51. The Bertz CT molecular complexity index is 1200. The number of methoxy groups -OCH3 is 1. The van der Waals surface area contributed by atoms with Crippen molar-refractivity contribution in [3.63, 3.8) is 0 Å². The van der Waals surface area contributed by atoms with Crippen LogP contribution in [0.4, 0.5) is 14.5 Å². The number of nitrogens with zero attached hydrogens (tertiary/aromatic N) is 1. The summed E-state index contributed by atoms with van der Waals surface area (Å²) in [6.45, 7) is 4.33. The van der Waals surface area contributed by atoms with Crippen LogP contribution in [0.5, 0.6) is 5.75 Å². The van der Waals surface area contributed by atoms with E-state index in [9.17, 15) is 9.90 Å². The average Bonchev–Trinajstić information content (AvgIpc) is 2.83. The monoisotopic (exact) mass is 529 g/mol. The fourth-order valence-corrected chi connectivity index (χ4v) is 5.11. The van der Waals surface area contributed by atoms with Crippen molar-refractivity contribution in [2.75, 3.05) is 18.6 Å². The van der Waals surface area contributed by atoms with Gasteiger partial charge in [0.2, 0.25) is 0 Å². The molecule has 7 heteroatoms. The molecule has 0 aliphatic carbocycles. The van der Waals surface area contributed by atoms with Crippen LogP contribution in [0.15, 0.2) is 71.2 Å². The number of hydrogen-bond acceptors (Lipinski definition) is 3.